The number of carbonyl (C=O) groups excluding carboxylic acids is 3. The number of amides is 2. The molecule has 2 amide bonds. The molecule has 0 unspecified atom stereocenters. The largest absolute Gasteiger partial charge is 0.480 e. The van der Waals surface area contributed by atoms with Gasteiger partial charge < -0.3 is 30.0 Å². The Kier molecular flexibility index (Phi) is 17.2. The molecule has 3 N–H and O–H groups in total. The molecule has 0 aromatic heterocycles. The Morgan fingerprint density at radius 1 is 0.625 bits per heavy atom. The number of hydrogen-bond acceptors (Lipinski definition) is 7. The minimum absolute atomic E-state index is 0.0171. The van der Waals surface area contributed by atoms with E-state index in [-0.39, 0.29) is 42.1 Å². The van der Waals surface area contributed by atoms with Crippen molar-refractivity contribution >= 4 is 24.1 Å². The Morgan fingerprint density at radius 3 is 1.18 bits per heavy atom. The zero-order chi connectivity index (χ0) is 32.2. The third-order valence-corrected chi connectivity index (χ3v) is 6.00. The summed E-state index contributed by atoms with van der Waals surface area (Å²) >= 11 is 0. The molecule has 10 heteroatoms. The normalized spacial score (nSPS) is 13.6. The molecule has 2 atom stereocenters. The molecule has 0 saturated heterocycles. The number of hydrogen-bond donors (Lipinski definition) is 3. The quantitative estimate of drug-likeness (QED) is 0.194. The van der Waals surface area contributed by atoms with Crippen LogP contribution in [0.1, 0.15) is 104 Å². The van der Waals surface area contributed by atoms with Gasteiger partial charge in [0.05, 0.1) is 6.61 Å². The van der Waals surface area contributed by atoms with E-state index in [0.29, 0.717) is 0 Å². The SMILES string of the molecule is CC(C)C(C(C)C)[C@H](NC(=O)OC(C)(C)C)C(=O)O.CCOC(=O)[C@@H](NC(=O)OC(C)(C)C)C(C(C)C)C(C)C. The van der Waals surface area contributed by atoms with Gasteiger partial charge in [-0.2, -0.15) is 0 Å². The second-order valence-corrected chi connectivity index (χ2v) is 13.5. The molecule has 40 heavy (non-hydrogen) atoms. The molecule has 0 bridgehead atoms. The van der Waals surface area contributed by atoms with Crippen LogP contribution in [0.15, 0.2) is 0 Å². The monoisotopic (exact) mass is 574 g/mol. The van der Waals surface area contributed by atoms with Crippen molar-refractivity contribution in [3.63, 3.8) is 0 Å². The highest BCUT2D eigenvalue weighted by Gasteiger charge is 2.37. The number of nitrogens with one attached hydrogen (secondary N) is 2. The molecular weight excluding hydrogens is 516 g/mol. The van der Waals surface area contributed by atoms with Crippen molar-refractivity contribution in [1.82, 2.24) is 10.6 Å². The lowest BCUT2D eigenvalue weighted by Crippen LogP contribution is -2.51. The Balaban J connectivity index is 0. The summed E-state index contributed by atoms with van der Waals surface area (Å²) in [6.07, 6.45) is -1.28. The van der Waals surface area contributed by atoms with Crippen molar-refractivity contribution in [2.24, 2.45) is 35.5 Å². The molecule has 0 aliphatic heterocycles. The standard InChI is InChI=1S/C16H31NO4.C14H27NO4/c1-9-20-14(18)13(12(10(2)3)11(4)5)17-15(19)21-16(6,7)8;1-8(2)10(9(3)4)11(12(16)17)15-13(18)19-14(5,6)7/h10-13H,9H2,1-8H3,(H,17,19);8-11H,1-7H3,(H,15,18)(H,16,17)/t13-;11-/m00/s1. The zero-order valence-electron chi connectivity index (χ0n) is 27.6. The Morgan fingerprint density at radius 2 is 0.925 bits per heavy atom. The highest BCUT2D eigenvalue weighted by atomic mass is 16.6. The van der Waals surface area contributed by atoms with Crippen LogP contribution in [0.5, 0.6) is 0 Å². The number of esters is 1. The Bertz CT molecular complexity index is 779. The van der Waals surface area contributed by atoms with Gasteiger partial charge in [0, 0.05) is 0 Å². The van der Waals surface area contributed by atoms with Gasteiger partial charge in [-0.3, -0.25) is 0 Å². The molecule has 0 heterocycles. The maximum atomic E-state index is 12.2. The molecule has 0 spiro atoms. The number of alkyl carbamates (subject to hydrolysis) is 2. The number of rotatable bonds is 11. The molecule has 0 aromatic rings. The van der Waals surface area contributed by atoms with Crippen molar-refractivity contribution in [3.8, 4) is 0 Å². The second-order valence-electron chi connectivity index (χ2n) is 13.5. The van der Waals surface area contributed by atoms with E-state index in [0.717, 1.165) is 0 Å². The predicted molar refractivity (Wildman–Crippen MR) is 157 cm³/mol. The molecule has 0 rings (SSSR count). The molecule has 0 radical (unpaired) electrons. The minimum atomic E-state index is -1.03. The van der Waals surface area contributed by atoms with E-state index in [1.165, 1.54) is 0 Å². The fourth-order valence-corrected chi connectivity index (χ4v) is 4.82. The van der Waals surface area contributed by atoms with Gasteiger partial charge in [-0.25, -0.2) is 19.2 Å². The first-order valence-corrected chi connectivity index (χ1v) is 14.3. The summed E-state index contributed by atoms with van der Waals surface area (Å²) in [7, 11) is 0. The number of carboxylic acids is 1. The first-order valence-electron chi connectivity index (χ1n) is 14.3. The lowest BCUT2D eigenvalue weighted by Gasteiger charge is -2.32. The van der Waals surface area contributed by atoms with Crippen LogP contribution >= 0.6 is 0 Å². The van der Waals surface area contributed by atoms with Gasteiger partial charge in [0.15, 0.2) is 0 Å². The van der Waals surface area contributed by atoms with E-state index in [1.54, 1.807) is 48.5 Å². The predicted octanol–water partition coefficient (Wildman–Crippen LogP) is 6.26. The summed E-state index contributed by atoms with van der Waals surface area (Å²) < 4.78 is 15.5. The average Bonchev–Trinajstić information content (AvgIpc) is 2.69. The van der Waals surface area contributed by atoms with E-state index in [9.17, 15) is 24.3 Å². The Hall–Kier alpha value is -2.52. The summed E-state index contributed by atoms with van der Waals surface area (Å²) in [4.78, 5) is 47.3. The number of carboxylic acid groups (broad SMARTS) is 1. The topological polar surface area (TPSA) is 140 Å². The van der Waals surface area contributed by atoms with Crippen molar-refractivity contribution < 1.29 is 38.5 Å². The van der Waals surface area contributed by atoms with Crippen LogP contribution < -0.4 is 10.6 Å². The Labute approximate surface area is 242 Å². The first kappa shape index (κ1) is 39.6. The van der Waals surface area contributed by atoms with E-state index in [2.05, 4.69) is 10.6 Å². The number of carbonyl (C=O) groups is 4. The maximum Gasteiger partial charge on any atom is 0.408 e. The highest BCUT2D eigenvalue weighted by molar-refractivity contribution is 5.82. The summed E-state index contributed by atoms with van der Waals surface area (Å²) in [5.41, 5.74) is -1.24. The summed E-state index contributed by atoms with van der Waals surface area (Å²) in [6, 6.07) is -1.63. The maximum absolute atomic E-state index is 12.2. The molecule has 0 aliphatic rings. The van der Waals surface area contributed by atoms with Crippen molar-refractivity contribution in [2.75, 3.05) is 6.61 Å². The molecule has 0 aromatic carbocycles. The van der Waals surface area contributed by atoms with Gasteiger partial charge in [0.1, 0.15) is 23.3 Å². The zero-order valence-corrected chi connectivity index (χ0v) is 27.6. The summed E-state index contributed by atoms with van der Waals surface area (Å²) in [6.45, 7) is 28.6. The van der Waals surface area contributed by atoms with Crippen LogP contribution in [0.25, 0.3) is 0 Å². The second kappa shape index (κ2) is 17.3. The summed E-state index contributed by atoms with van der Waals surface area (Å²) in [5, 5.41) is 14.5. The molecular formula is C30H58N2O8. The molecule has 0 fully saturated rings. The van der Waals surface area contributed by atoms with Gasteiger partial charge in [0.2, 0.25) is 0 Å². The minimum Gasteiger partial charge on any atom is -0.480 e. The van der Waals surface area contributed by atoms with E-state index in [1.807, 2.05) is 55.4 Å². The van der Waals surface area contributed by atoms with Crippen LogP contribution in [-0.4, -0.2) is 59.1 Å². The van der Waals surface area contributed by atoms with E-state index < -0.39 is 47.4 Å². The lowest BCUT2D eigenvalue weighted by molar-refractivity contribution is -0.148. The molecule has 10 nitrogen and oxygen atoms in total. The van der Waals surface area contributed by atoms with Gasteiger partial charge in [-0.05, 0) is 84.0 Å². The number of ether oxygens (including phenoxy) is 3. The van der Waals surface area contributed by atoms with Gasteiger partial charge in [0.25, 0.3) is 0 Å². The highest BCUT2D eigenvalue weighted by Crippen LogP contribution is 2.26. The third-order valence-electron chi connectivity index (χ3n) is 6.00. The first-order chi connectivity index (χ1) is 17.9. The molecule has 0 aliphatic carbocycles. The molecule has 0 saturated carbocycles. The van der Waals surface area contributed by atoms with Gasteiger partial charge in [-0.15, -0.1) is 0 Å². The third kappa shape index (κ3) is 16.6. The van der Waals surface area contributed by atoms with Crippen LogP contribution in [-0.2, 0) is 23.8 Å². The fraction of sp³-hybridized carbons (Fsp3) is 0.867. The lowest BCUT2D eigenvalue weighted by atomic mass is 9.80. The molecule has 236 valence electrons. The van der Waals surface area contributed by atoms with Crippen LogP contribution in [0.2, 0.25) is 0 Å². The van der Waals surface area contributed by atoms with Gasteiger partial charge in [-0.1, -0.05) is 55.4 Å². The number of aliphatic carboxylic acids is 1. The summed E-state index contributed by atoms with van der Waals surface area (Å²) in [5.74, 6) is -0.841. The van der Waals surface area contributed by atoms with Crippen molar-refractivity contribution in [2.45, 2.75) is 127 Å². The van der Waals surface area contributed by atoms with E-state index >= 15 is 0 Å². The van der Waals surface area contributed by atoms with Gasteiger partial charge >= 0.3 is 24.1 Å². The van der Waals surface area contributed by atoms with Crippen LogP contribution in [0, 0.1) is 35.5 Å². The van der Waals surface area contributed by atoms with Crippen molar-refractivity contribution in [1.29, 1.82) is 0 Å². The van der Waals surface area contributed by atoms with E-state index in [4.69, 9.17) is 14.2 Å². The van der Waals surface area contributed by atoms with Crippen LogP contribution in [0.3, 0.4) is 0 Å². The average molecular weight is 575 g/mol. The van der Waals surface area contributed by atoms with Crippen molar-refractivity contribution in [3.05, 3.63) is 0 Å². The van der Waals surface area contributed by atoms with Crippen LogP contribution in [0.4, 0.5) is 9.59 Å². The fourth-order valence-electron chi connectivity index (χ4n) is 4.82. The smallest absolute Gasteiger partial charge is 0.408 e.